The highest BCUT2D eigenvalue weighted by Crippen LogP contribution is 2.36. The summed E-state index contributed by atoms with van der Waals surface area (Å²) in [5.41, 5.74) is 0.128. The summed E-state index contributed by atoms with van der Waals surface area (Å²) in [7, 11) is 4.28. The molecule has 1 aliphatic heterocycles. The summed E-state index contributed by atoms with van der Waals surface area (Å²) in [6.45, 7) is 4.39. The molecule has 100 valence electrons. The molecule has 18 heavy (non-hydrogen) atoms. The van der Waals surface area contributed by atoms with Gasteiger partial charge in [0.05, 0.1) is 6.10 Å². The zero-order valence-corrected chi connectivity index (χ0v) is 12.2. The van der Waals surface area contributed by atoms with E-state index in [-0.39, 0.29) is 11.5 Å². The highest BCUT2D eigenvalue weighted by molar-refractivity contribution is 7.99. The average molecular weight is 267 g/mol. The van der Waals surface area contributed by atoms with Gasteiger partial charge in [-0.2, -0.15) is 0 Å². The lowest BCUT2D eigenvalue weighted by atomic mass is 9.93. The molecular weight excluding hydrogens is 246 g/mol. The number of thioether (sulfide) groups is 1. The topological polar surface area (TPSA) is 38.3 Å². The van der Waals surface area contributed by atoms with Gasteiger partial charge in [0, 0.05) is 24.4 Å². The molecule has 4 nitrogen and oxygen atoms in total. The molecule has 0 saturated carbocycles. The predicted octanol–water partition coefficient (Wildman–Crippen LogP) is 2.27. The van der Waals surface area contributed by atoms with Crippen molar-refractivity contribution in [3.05, 3.63) is 18.5 Å². The van der Waals surface area contributed by atoms with Crippen LogP contribution in [0, 0.1) is 5.92 Å². The molecule has 0 bridgehead atoms. The van der Waals surface area contributed by atoms with E-state index in [4.69, 9.17) is 4.74 Å². The number of aromatic nitrogens is 2. The molecule has 2 unspecified atom stereocenters. The van der Waals surface area contributed by atoms with Gasteiger partial charge in [0.25, 0.3) is 0 Å². The first-order chi connectivity index (χ1) is 8.58. The summed E-state index contributed by atoms with van der Waals surface area (Å²) in [4.78, 5) is 10.8. The average Bonchev–Trinajstić information content (AvgIpc) is 2.34. The molecule has 2 rings (SSSR count). The minimum atomic E-state index is 0.128. The Kier molecular flexibility index (Phi) is 4.59. The summed E-state index contributed by atoms with van der Waals surface area (Å²) >= 11 is 1.63. The number of rotatable bonds is 3. The zero-order chi connectivity index (χ0) is 13.1. The molecule has 1 fully saturated rings. The Morgan fingerprint density at radius 2 is 1.94 bits per heavy atom. The van der Waals surface area contributed by atoms with Gasteiger partial charge in [-0.1, -0.05) is 18.7 Å². The molecule has 1 saturated heterocycles. The Hall–Kier alpha value is -0.650. The van der Waals surface area contributed by atoms with Gasteiger partial charge in [-0.05, 0) is 33.5 Å². The Morgan fingerprint density at radius 3 is 2.56 bits per heavy atom. The van der Waals surface area contributed by atoms with Crippen molar-refractivity contribution in [2.45, 2.75) is 43.0 Å². The molecule has 4 atom stereocenters. The van der Waals surface area contributed by atoms with Gasteiger partial charge in [-0.15, -0.1) is 0 Å². The maximum atomic E-state index is 6.04. The number of hydrogen-bond donors (Lipinski definition) is 0. The Labute approximate surface area is 113 Å². The van der Waals surface area contributed by atoms with Gasteiger partial charge in [-0.25, -0.2) is 9.97 Å². The van der Waals surface area contributed by atoms with E-state index < -0.39 is 0 Å². The largest absolute Gasteiger partial charge is 0.364 e. The number of hydrogen-bond acceptors (Lipinski definition) is 5. The first-order valence-electron chi connectivity index (χ1n) is 6.33. The molecule has 1 aromatic heterocycles. The van der Waals surface area contributed by atoms with E-state index in [0.717, 1.165) is 11.6 Å². The number of nitrogens with zero attached hydrogens (tertiary/aromatic N) is 3. The lowest BCUT2D eigenvalue weighted by molar-refractivity contribution is -0.0589. The molecule has 1 aliphatic rings. The van der Waals surface area contributed by atoms with Crippen LogP contribution < -0.4 is 0 Å². The molecule has 0 radical (unpaired) electrons. The molecule has 0 N–H and O–H groups in total. The van der Waals surface area contributed by atoms with Gasteiger partial charge < -0.3 is 9.64 Å². The molecule has 0 spiro atoms. The van der Waals surface area contributed by atoms with Crippen molar-refractivity contribution in [1.82, 2.24) is 14.9 Å². The van der Waals surface area contributed by atoms with E-state index in [2.05, 4.69) is 42.8 Å². The minimum absolute atomic E-state index is 0.128. The second kappa shape index (κ2) is 5.99. The van der Waals surface area contributed by atoms with Crippen LogP contribution in [0.5, 0.6) is 0 Å². The molecule has 0 amide bonds. The van der Waals surface area contributed by atoms with Crippen LogP contribution in [0.25, 0.3) is 0 Å². The molecule has 1 aromatic rings. The Balaban J connectivity index is 2.07. The van der Waals surface area contributed by atoms with Crippen LogP contribution in [0.1, 0.15) is 20.3 Å². The first kappa shape index (κ1) is 13.8. The number of ether oxygens (including phenoxy) is 1. The molecular formula is C13H21N3OS. The summed E-state index contributed by atoms with van der Waals surface area (Å²) in [6.07, 6.45) is 4.92. The van der Waals surface area contributed by atoms with E-state index >= 15 is 0 Å². The van der Waals surface area contributed by atoms with Crippen LogP contribution in [-0.4, -0.2) is 46.5 Å². The van der Waals surface area contributed by atoms with Crippen LogP contribution in [0.4, 0.5) is 0 Å². The van der Waals surface area contributed by atoms with Crippen molar-refractivity contribution in [3.8, 4) is 0 Å². The van der Waals surface area contributed by atoms with Crippen molar-refractivity contribution in [3.63, 3.8) is 0 Å². The fraction of sp³-hybridized carbons (Fsp3) is 0.692. The van der Waals surface area contributed by atoms with Crippen LogP contribution >= 0.6 is 11.8 Å². The third kappa shape index (κ3) is 3.22. The van der Waals surface area contributed by atoms with Crippen LogP contribution in [0.3, 0.4) is 0 Å². The standard InChI is InChI=1S/C13H21N3OS/c1-9-8-11(16(3)4)10(2)12(17-9)18-13-14-6-5-7-15-13/h5-7,9-12H,8H2,1-4H3/t9-,10-,11?,12?/m1/s1. The van der Waals surface area contributed by atoms with E-state index in [0.29, 0.717) is 12.0 Å². The van der Waals surface area contributed by atoms with Crippen molar-refractivity contribution in [1.29, 1.82) is 0 Å². The van der Waals surface area contributed by atoms with Crippen molar-refractivity contribution < 1.29 is 4.74 Å². The summed E-state index contributed by atoms with van der Waals surface area (Å²) in [5, 5.41) is 0.793. The van der Waals surface area contributed by atoms with Crippen LogP contribution in [0.2, 0.25) is 0 Å². The van der Waals surface area contributed by atoms with Gasteiger partial charge in [0.15, 0.2) is 5.16 Å². The van der Waals surface area contributed by atoms with Gasteiger partial charge >= 0.3 is 0 Å². The van der Waals surface area contributed by atoms with E-state index in [9.17, 15) is 0 Å². The lowest BCUT2D eigenvalue weighted by Crippen LogP contribution is -2.47. The third-order valence-corrected chi connectivity index (χ3v) is 4.60. The summed E-state index contributed by atoms with van der Waals surface area (Å²) in [5.74, 6) is 0.463. The molecule has 5 heteroatoms. The summed E-state index contributed by atoms with van der Waals surface area (Å²) < 4.78 is 6.04. The normalized spacial score (nSPS) is 32.7. The molecule has 0 aliphatic carbocycles. The fourth-order valence-electron chi connectivity index (χ4n) is 2.41. The summed E-state index contributed by atoms with van der Waals surface area (Å²) in [6, 6.07) is 2.38. The maximum Gasteiger partial charge on any atom is 0.190 e. The minimum Gasteiger partial charge on any atom is -0.364 e. The lowest BCUT2D eigenvalue weighted by Gasteiger charge is -2.41. The highest BCUT2D eigenvalue weighted by Gasteiger charge is 2.36. The van der Waals surface area contributed by atoms with Crippen LogP contribution in [0.15, 0.2) is 23.6 Å². The van der Waals surface area contributed by atoms with Crippen LogP contribution in [-0.2, 0) is 4.74 Å². The third-order valence-electron chi connectivity index (χ3n) is 3.40. The molecule has 2 heterocycles. The van der Waals surface area contributed by atoms with Gasteiger partial charge in [0.1, 0.15) is 5.44 Å². The van der Waals surface area contributed by atoms with Crippen molar-refractivity contribution in [2.24, 2.45) is 5.92 Å². The van der Waals surface area contributed by atoms with Gasteiger partial charge in [0.2, 0.25) is 0 Å². The monoisotopic (exact) mass is 267 g/mol. The smallest absolute Gasteiger partial charge is 0.190 e. The SMILES string of the molecule is C[C@H]1C(Sc2ncccn2)O[C@H](C)CC1N(C)C. The first-order valence-corrected chi connectivity index (χ1v) is 7.21. The van der Waals surface area contributed by atoms with E-state index in [1.807, 2.05) is 6.07 Å². The van der Waals surface area contributed by atoms with Crippen molar-refractivity contribution in [2.75, 3.05) is 14.1 Å². The Bertz CT molecular complexity index is 374. The van der Waals surface area contributed by atoms with Crippen molar-refractivity contribution >= 4 is 11.8 Å². The predicted molar refractivity (Wildman–Crippen MR) is 73.5 cm³/mol. The second-order valence-electron chi connectivity index (χ2n) is 5.09. The fourth-order valence-corrected chi connectivity index (χ4v) is 3.50. The second-order valence-corrected chi connectivity index (χ2v) is 6.16. The van der Waals surface area contributed by atoms with E-state index in [1.165, 1.54) is 0 Å². The van der Waals surface area contributed by atoms with Gasteiger partial charge in [-0.3, -0.25) is 0 Å². The Morgan fingerprint density at radius 1 is 1.28 bits per heavy atom. The maximum absolute atomic E-state index is 6.04. The quantitative estimate of drug-likeness (QED) is 0.786. The molecule has 0 aromatic carbocycles. The zero-order valence-electron chi connectivity index (χ0n) is 11.4. The van der Waals surface area contributed by atoms with E-state index in [1.54, 1.807) is 24.2 Å². The highest BCUT2D eigenvalue weighted by atomic mass is 32.2.